The normalized spacial score (nSPS) is 27.7. The molecule has 0 heterocycles. The maximum atomic E-state index is 3.67. The molecule has 1 fully saturated rings. The van der Waals surface area contributed by atoms with E-state index in [4.69, 9.17) is 0 Å². The van der Waals surface area contributed by atoms with E-state index < -0.39 is 0 Å². The average molecular weight is 184 g/mol. The molecule has 0 saturated heterocycles. The molecule has 1 aliphatic rings. The van der Waals surface area contributed by atoms with Crippen LogP contribution in [-0.4, -0.2) is 37.6 Å². The van der Waals surface area contributed by atoms with Crippen molar-refractivity contribution in [2.45, 2.75) is 45.7 Å². The Morgan fingerprint density at radius 2 is 2.00 bits per heavy atom. The van der Waals surface area contributed by atoms with Gasteiger partial charge in [0.25, 0.3) is 0 Å². The van der Waals surface area contributed by atoms with Crippen molar-refractivity contribution in [1.29, 1.82) is 0 Å². The molecular weight excluding hydrogens is 160 g/mol. The second-order valence-corrected chi connectivity index (χ2v) is 5.40. The van der Waals surface area contributed by atoms with Crippen molar-refractivity contribution in [3.8, 4) is 0 Å². The van der Waals surface area contributed by atoms with Gasteiger partial charge in [-0.2, -0.15) is 0 Å². The van der Waals surface area contributed by atoms with Gasteiger partial charge < -0.3 is 10.2 Å². The Morgan fingerprint density at radius 1 is 1.46 bits per heavy atom. The van der Waals surface area contributed by atoms with Gasteiger partial charge in [-0.05, 0) is 45.8 Å². The van der Waals surface area contributed by atoms with Crippen LogP contribution >= 0.6 is 0 Å². The molecule has 0 spiro atoms. The molecule has 1 saturated carbocycles. The largest absolute Gasteiger partial charge is 0.311 e. The Kier molecular flexibility index (Phi) is 3.36. The summed E-state index contributed by atoms with van der Waals surface area (Å²) in [5.41, 5.74) is 0.562. The molecule has 2 heteroatoms. The first kappa shape index (κ1) is 11.0. The summed E-state index contributed by atoms with van der Waals surface area (Å²) in [4.78, 5) is 2.25. The molecule has 0 amide bonds. The second kappa shape index (κ2) is 3.97. The zero-order valence-corrected chi connectivity index (χ0v) is 9.72. The predicted molar refractivity (Wildman–Crippen MR) is 58.0 cm³/mol. The molecular formula is C11H24N2. The molecule has 0 radical (unpaired) electrons. The van der Waals surface area contributed by atoms with E-state index in [1.807, 2.05) is 0 Å². The zero-order valence-electron chi connectivity index (χ0n) is 9.72. The van der Waals surface area contributed by atoms with Gasteiger partial charge in [0.05, 0.1) is 0 Å². The molecule has 0 aliphatic heterocycles. The summed E-state index contributed by atoms with van der Waals surface area (Å²) in [6.45, 7) is 8.14. The molecule has 0 aromatic heterocycles. The van der Waals surface area contributed by atoms with Gasteiger partial charge in [-0.1, -0.05) is 13.8 Å². The van der Waals surface area contributed by atoms with Crippen LogP contribution in [0, 0.1) is 5.41 Å². The Balaban J connectivity index is 2.09. The molecule has 2 unspecified atom stereocenters. The van der Waals surface area contributed by atoms with E-state index in [1.165, 1.54) is 19.4 Å². The highest BCUT2D eigenvalue weighted by Crippen LogP contribution is 2.44. The summed E-state index contributed by atoms with van der Waals surface area (Å²) in [5, 5.41) is 3.67. The van der Waals surface area contributed by atoms with Crippen LogP contribution in [-0.2, 0) is 0 Å². The highest BCUT2D eigenvalue weighted by Gasteiger charge is 2.45. The van der Waals surface area contributed by atoms with Gasteiger partial charge in [-0.25, -0.2) is 0 Å². The molecule has 13 heavy (non-hydrogen) atoms. The van der Waals surface area contributed by atoms with E-state index in [1.54, 1.807) is 0 Å². The highest BCUT2D eigenvalue weighted by molar-refractivity contribution is 5.02. The summed E-state index contributed by atoms with van der Waals surface area (Å²) in [6, 6.07) is 1.43. The molecule has 0 bridgehead atoms. The minimum absolute atomic E-state index is 0.562. The van der Waals surface area contributed by atoms with Crippen molar-refractivity contribution in [3.63, 3.8) is 0 Å². The monoisotopic (exact) mass is 184 g/mol. The molecule has 1 N–H and O–H groups in total. The molecule has 0 aromatic rings. The van der Waals surface area contributed by atoms with Crippen LogP contribution in [0.1, 0.15) is 33.6 Å². The van der Waals surface area contributed by atoms with Gasteiger partial charge in [0.15, 0.2) is 0 Å². The van der Waals surface area contributed by atoms with Crippen molar-refractivity contribution < 1.29 is 0 Å². The number of hydrogen-bond acceptors (Lipinski definition) is 2. The average Bonchev–Trinajstić information content (AvgIpc) is 2.54. The SMILES string of the molecule is CC(CCN(C)C)NC1CC1(C)C. The standard InChI is InChI=1S/C11H24N2/c1-9(6-7-13(4)5)12-10-8-11(10,2)3/h9-10,12H,6-8H2,1-5H3. The topological polar surface area (TPSA) is 15.3 Å². The first-order valence-electron chi connectivity index (χ1n) is 5.32. The third-order valence-electron chi connectivity index (χ3n) is 3.01. The van der Waals surface area contributed by atoms with Crippen LogP contribution in [0.15, 0.2) is 0 Å². The van der Waals surface area contributed by atoms with E-state index in [0.29, 0.717) is 11.5 Å². The van der Waals surface area contributed by atoms with Gasteiger partial charge in [0, 0.05) is 12.1 Å². The van der Waals surface area contributed by atoms with Gasteiger partial charge in [-0.15, -0.1) is 0 Å². The summed E-state index contributed by atoms with van der Waals surface area (Å²) in [6.07, 6.45) is 2.60. The van der Waals surface area contributed by atoms with Crippen LogP contribution in [0.5, 0.6) is 0 Å². The van der Waals surface area contributed by atoms with E-state index in [0.717, 1.165) is 6.04 Å². The molecule has 0 aromatic carbocycles. The Labute approximate surface area is 82.7 Å². The van der Waals surface area contributed by atoms with E-state index in [2.05, 4.69) is 45.1 Å². The Morgan fingerprint density at radius 3 is 2.38 bits per heavy atom. The minimum atomic E-state index is 0.562. The van der Waals surface area contributed by atoms with Crippen molar-refractivity contribution in [2.24, 2.45) is 5.41 Å². The number of nitrogens with zero attached hydrogens (tertiary/aromatic N) is 1. The third-order valence-corrected chi connectivity index (χ3v) is 3.01. The van der Waals surface area contributed by atoms with Crippen LogP contribution in [0.2, 0.25) is 0 Å². The maximum Gasteiger partial charge on any atom is 0.0127 e. The fourth-order valence-electron chi connectivity index (χ4n) is 1.63. The van der Waals surface area contributed by atoms with Crippen molar-refractivity contribution >= 4 is 0 Å². The maximum absolute atomic E-state index is 3.67. The predicted octanol–water partition coefficient (Wildman–Crippen LogP) is 1.71. The molecule has 2 nitrogen and oxygen atoms in total. The van der Waals surface area contributed by atoms with Gasteiger partial charge in [0.2, 0.25) is 0 Å². The lowest BCUT2D eigenvalue weighted by molar-refractivity contribution is 0.358. The summed E-state index contributed by atoms with van der Waals surface area (Å²) in [7, 11) is 4.27. The third kappa shape index (κ3) is 3.65. The lowest BCUT2D eigenvalue weighted by Gasteiger charge is -2.17. The van der Waals surface area contributed by atoms with Crippen LogP contribution in [0.3, 0.4) is 0 Å². The summed E-state index contributed by atoms with van der Waals surface area (Å²) in [5.74, 6) is 0. The fourth-order valence-corrected chi connectivity index (χ4v) is 1.63. The van der Waals surface area contributed by atoms with Crippen molar-refractivity contribution in [3.05, 3.63) is 0 Å². The molecule has 1 aliphatic carbocycles. The lowest BCUT2D eigenvalue weighted by atomic mass is 10.1. The lowest BCUT2D eigenvalue weighted by Crippen LogP contribution is -2.33. The van der Waals surface area contributed by atoms with Gasteiger partial charge >= 0.3 is 0 Å². The Bertz CT molecular complexity index is 163. The van der Waals surface area contributed by atoms with Gasteiger partial charge in [-0.3, -0.25) is 0 Å². The first-order valence-corrected chi connectivity index (χ1v) is 5.32. The number of hydrogen-bond donors (Lipinski definition) is 1. The molecule has 78 valence electrons. The van der Waals surface area contributed by atoms with E-state index in [-0.39, 0.29) is 0 Å². The number of rotatable bonds is 5. The highest BCUT2D eigenvalue weighted by atomic mass is 15.1. The molecule has 1 rings (SSSR count). The fraction of sp³-hybridized carbons (Fsp3) is 1.00. The smallest absolute Gasteiger partial charge is 0.0127 e. The van der Waals surface area contributed by atoms with Crippen LogP contribution in [0.4, 0.5) is 0 Å². The van der Waals surface area contributed by atoms with Crippen LogP contribution in [0.25, 0.3) is 0 Å². The van der Waals surface area contributed by atoms with E-state index >= 15 is 0 Å². The minimum Gasteiger partial charge on any atom is -0.311 e. The Hall–Kier alpha value is -0.0800. The van der Waals surface area contributed by atoms with Crippen LogP contribution < -0.4 is 5.32 Å². The molecule has 2 atom stereocenters. The van der Waals surface area contributed by atoms with Gasteiger partial charge in [0.1, 0.15) is 0 Å². The van der Waals surface area contributed by atoms with Crippen molar-refractivity contribution in [1.82, 2.24) is 10.2 Å². The first-order chi connectivity index (χ1) is 5.92. The summed E-state index contributed by atoms with van der Waals surface area (Å²) < 4.78 is 0. The summed E-state index contributed by atoms with van der Waals surface area (Å²) >= 11 is 0. The van der Waals surface area contributed by atoms with Crippen molar-refractivity contribution in [2.75, 3.05) is 20.6 Å². The van der Waals surface area contributed by atoms with E-state index in [9.17, 15) is 0 Å². The quantitative estimate of drug-likeness (QED) is 0.700. The second-order valence-electron chi connectivity index (χ2n) is 5.40. The number of nitrogens with one attached hydrogen (secondary N) is 1. The zero-order chi connectivity index (χ0) is 10.1.